The summed E-state index contributed by atoms with van der Waals surface area (Å²) in [6.07, 6.45) is 0. The molecule has 20 heavy (non-hydrogen) atoms. The molecule has 3 aromatic rings. The summed E-state index contributed by atoms with van der Waals surface area (Å²) in [5.74, 6) is 0. The number of halogens is 1. The summed E-state index contributed by atoms with van der Waals surface area (Å²) < 4.78 is 0. The predicted octanol–water partition coefficient (Wildman–Crippen LogP) is 5.28. The first-order valence-electron chi connectivity index (χ1n) is 6.74. The third-order valence-corrected chi connectivity index (χ3v) is 3.20. The van der Waals surface area contributed by atoms with Crippen molar-refractivity contribution in [2.24, 2.45) is 0 Å². The minimum atomic E-state index is 0.699. The Morgan fingerprint density at radius 2 is 1.35 bits per heavy atom. The van der Waals surface area contributed by atoms with Crippen LogP contribution in [0.15, 0.2) is 48.5 Å². The van der Waals surface area contributed by atoms with E-state index in [2.05, 4.69) is 9.97 Å². The average Bonchev–Trinajstić information content (AvgIpc) is 2.49. The minimum absolute atomic E-state index is 0.699. The number of fused-ring (bicyclic) bond motifs is 1. The van der Waals surface area contributed by atoms with Crippen molar-refractivity contribution in [1.29, 1.82) is 0 Å². The molecule has 3 rings (SSSR count). The van der Waals surface area contributed by atoms with E-state index in [9.17, 15) is 0 Å². The molecule has 0 unspecified atom stereocenters. The summed E-state index contributed by atoms with van der Waals surface area (Å²) in [6, 6.07) is 15.6. The maximum atomic E-state index is 6.21. The van der Waals surface area contributed by atoms with Crippen LogP contribution in [0.3, 0.4) is 0 Å². The zero-order valence-corrected chi connectivity index (χ0v) is 12.6. The Morgan fingerprint density at radius 1 is 0.800 bits per heavy atom. The number of para-hydroxylation sites is 2. The molecule has 3 heteroatoms. The van der Waals surface area contributed by atoms with Crippen molar-refractivity contribution >= 4 is 22.6 Å². The van der Waals surface area contributed by atoms with E-state index in [1.54, 1.807) is 0 Å². The smallest absolute Gasteiger partial charge is 0.0937 e. The van der Waals surface area contributed by atoms with E-state index in [0.717, 1.165) is 28.0 Å². The van der Waals surface area contributed by atoms with Crippen molar-refractivity contribution in [2.75, 3.05) is 0 Å². The number of rotatable bonds is 1. The molecule has 0 bridgehead atoms. The van der Waals surface area contributed by atoms with Crippen molar-refractivity contribution in [1.82, 2.24) is 9.97 Å². The van der Waals surface area contributed by atoms with Gasteiger partial charge in [0.05, 0.1) is 27.4 Å². The van der Waals surface area contributed by atoms with E-state index in [1.807, 2.05) is 69.3 Å². The van der Waals surface area contributed by atoms with Crippen LogP contribution in [0.1, 0.15) is 19.5 Å². The van der Waals surface area contributed by atoms with Crippen LogP contribution in [-0.4, -0.2) is 9.97 Å². The van der Waals surface area contributed by atoms with Gasteiger partial charge in [0, 0.05) is 5.56 Å². The van der Waals surface area contributed by atoms with Gasteiger partial charge in [0.1, 0.15) is 0 Å². The zero-order valence-electron chi connectivity index (χ0n) is 11.9. The Kier molecular flexibility index (Phi) is 4.70. The van der Waals surface area contributed by atoms with E-state index in [1.165, 1.54) is 0 Å². The summed E-state index contributed by atoms with van der Waals surface area (Å²) in [7, 11) is 0. The lowest BCUT2D eigenvalue weighted by atomic mass is 10.1. The molecule has 0 saturated heterocycles. The van der Waals surface area contributed by atoms with E-state index in [0.29, 0.717) is 5.02 Å². The van der Waals surface area contributed by atoms with E-state index in [-0.39, 0.29) is 0 Å². The van der Waals surface area contributed by atoms with Crippen LogP contribution >= 0.6 is 11.6 Å². The lowest BCUT2D eigenvalue weighted by molar-refractivity contribution is 1.19. The second-order valence-corrected chi connectivity index (χ2v) is 4.53. The fraction of sp³-hybridized carbons (Fsp3) is 0.176. The molecule has 0 radical (unpaired) electrons. The lowest BCUT2D eigenvalue weighted by Crippen LogP contribution is -1.94. The molecular formula is C17H17ClN2. The van der Waals surface area contributed by atoms with Crippen LogP contribution in [0.5, 0.6) is 0 Å². The lowest BCUT2D eigenvalue weighted by Gasteiger charge is -2.08. The molecule has 102 valence electrons. The normalized spacial score (nSPS) is 10.0. The molecule has 2 aromatic carbocycles. The number of benzene rings is 2. The number of nitrogens with zero attached hydrogens (tertiary/aromatic N) is 2. The van der Waals surface area contributed by atoms with Crippen LogP contribution in [0, 0.1) is 6.92 Å². The molecule has 0 saturated carbocycles. The second kappa shape index (κ2) is 6.49. The second-order valence-electron chi connectivity index (χ2n) is 4.13. The molecule has 0 spiro atoms. The minimum Gasteiger partial charge on any atom is -0.249 e. The third-order valence-electron chi connectivity index (χ3n) is 2.87. The molecule has 2 nitrogen and oxygen atoms in total. The molecule has 1 aromatic heterocycles. The Balaban J connectivity index is 0.000000704. The standard InChI is InChI=1S/C15H11ClN2.C2H6/c1-10-15(11-6-2-3-7-12(11)16)18-14-9-5-4-8-13(14)17-10;1-2/h2-9H,1H3;1-2H3. The fourth-order valence-corrected chi connectivity index (χ4v) is 2.22. The molecule has 0 aliphatic heterocycles. The number of aromatic nitrogens is 2. The SMILES string of the molecule is CC.Cc1nc2ccccc2nc1-c1ccccc1Cl. The summed E-state index contributed by atoms with van der Waals surface area (Å²) >= 11 is 6.21. The van der Waals surface area contributed by atoms with Crippen LogP contribution < -0.4 is 0 Å². The van der Waals surface area contributed by atoms with Crippen molar-refractivity contribution < 1.29 is 0 Å². The molecule has 0 aliphatic rings. The zero-order chi connectivity index (χ0) is 14.5. The molecule has 1 heterocycles. The van der Waals surface area contributed by atoms with Crippen LogP contribution in [0.2, 0.25) is 5.02 Å². The molecule has 0 fully saturated rings. The Morgan fingerprint density at radius 3 is 2.00 bits per heavy atom. The molecule has 0 N–H and O–H groups in total. The van der Waals surface area contributed by atoms with Gasteiger partial charge < -0.3 is 0 Å². The first-order valence-corrected chi connectivity index (χ1v) is 7.12. The van der Waals surface area contributed by atoms with Crippen molar-refractivity contribution in [2.45, 2.75) is 20.8 Å². The van der Waals surface area contributed by atoms with Gasteiger partial charge in [0.25, 0.3) is 0 Å². The summed E-state index contributed by atoms with van der Waals surface area (Å²) in [5, 5.41) is 0.699. The van der Waals surface area contributed by atoms with Crippen molar-refractivity contribution in [3.05, 3.63) is 59.2 Å². The number of hydrogen-bond acceptors (Lipinski definition) is 2. The molecular weight excluding hydrogens is 268 g/mol. The topological polar surface area (TPSA) is 25.8 Å². The highest BCUT2D eigenvalue weighted by Gasteiger charge is 2.09. The van der Waals surface area contributed by atoms with E-state index < -0.39 is 0 Å². The number of aryl methyl sites for hydroxylation is 1. The highest BCUT2D eigenvalue weighted by Crippen LogP contribution is 2.28. The van der Waals surface area contributed by atoms with Gasteiger partial charge in [-0.05, 0) is 25.1 Å². The van der Waals surface area contributed by atoms with Gasteiger partial charge in [-0.3, -0.25) is 0 Å². The van der Waals surface area contributed by atoms with Gasteiger partial charge in [0.2, 0.25) is 0 Å². The van der Waals surface area contributed by atoms with E-state index in [4.69, 9.17) is 11.6 Å². The van der Waals surface area contributed by atoms with Crippen LogP contribution in [0.25, 0.3) is 22.3 Å². The highest BCUT2D eigenvalue weighted by atomic mass is 35.5. The predicted molar refractivity (Wildman–Crippen MR) is 86.1 cm³/mol. The molecule has 0 aliphatic carbocycles. The van der Waals surface area contributed by atoms with Gasteiger partial charge in [-0.15, -0.1) is 0 Å². The van der Waals surface area contributed by atoms with Gasteiger partial charge >= 0.3 is 0 Å². The van der Waals surface area contributed by atoms with Crippen LogP contribution in [0.4, 0.5) is 0 Å². The molecule has 0 amide bonds. The monoisotopic (exact) mass is 284 g/mol. The first-order chi connectivity index (χ1) is 9.75. The van der Waals surface area contributed by atoms with Gasteiger partial charge in [-0.25, -0.2) is 9.97 Å². The highest BCUT2D eigenvalue weighted by molar-refractivity contribution is 6.33. The maximum Gasteiger partial charge on any atom is 0.0937 e. The Hall–Kier alpha value is -1.93. The van der Waals surface area contributed by atoms with Gasteiger partial charge in [-0.1, -0.05) is 55.8 Å². The quantitative estimate of drug-likeness (QED) is 0.607. The number of hydrogen-bond donors (Lipinski definition) is 0. The van der Waals surface area contributed by atoms with Crippen LogP contribution in [-0.2, 0) is 0 Å². The van der Waals surface area contributed by atoms with Crippen molar-refractivity contribution in [3.63, 3.8) is 0 Å². The summed E-state index contributed by atoms with van der Waals surface area (Å²) in [6.45, 7) is 5.96. The van der Waals surface area contributed by atoms with Gasteiger partial charge in [-0.2, -0.15) is 0 Å². The maximum absolute atomic E-state index is 6.21. The van der Waals surface area contributed by atoms with Crippen molar-refractivity contribution in [3.8, 4) is 11.3 Å². The van der Waals surface area contributed by atoms with Gasteiger partial charge in [0.15, 0.2) is 0 Å². The van der Waals surface area contributed by atoms with E-state index >= 15 is 0 Å². The summed E-state index contributed by atoms with van der Waals surface area (Å²) in [4.78, 5) is 9.23. The summed E-state index contributed by atoms with van der Waals surface area (Å²) in [5.41, 5.74) is 4.46. The third kappa shape index (κ3) is 2.81. The fourth-order valence-electron chi connectivity index (χ4n) is 2.00. The average molecular weight is 285 g/mol. The largest absolute Gasteiger partial charge is 0.249 e. The Bertz CT molecular complexity index is 723. The first kappa shape index (κ1) is 14.5. The molecule has 0 atom stereocenters. The Labute approximate surface area is 124 Å².